The number of carbonyl (C=O) groups excluding carboxylic acids is 2. The number of carbonyl (C=O) groups is 2. The Morgan fingerprint density at radius 3 is 2.17 bits per heavy atom. The van der Waals surface area contributed by atoms with Crippen LogP contribution in [0.5, 0.6) is 0 Å². The zero-order chi connectivity index (χ0) is 20.9. The lowest BCUT2D eigenvalue weighted by Crippen LogP contribution is -2.41. The van der Waals surface area contributed by atoms with Crippen LogP contribution in [0.4, 0.5) is 0 Å². The number of hydrogen-bond donors (Lipinski definition) is 3. The number of hydrogen-bond acceptors (Lipinski definition) is 4. The molecule has 0 spiro atoms. The Morgan fingerprint density at radius 1 is 0.933 bits per heavy atom. The fraction of sp³-hybridized carbons (Fsp3) is 0.417. The summed E-state index contributed by atoms with van der Waals surface area (Å²) in [6, 6.07) is 15.5. The Hall–Kier alpha value is -2.70. The van der Waals surface area contributed by atoms with E-state index in [1.165, 1.54) is 11.1 Å². The van der Waals surface area contributed by atoms with Gasteiger partial charge in [0, 0.05) is 43.3 Å². The first-order chi connectivity index (χ1) is 14.6. The maximum atomic E-state index is 12.4. The average molecular weight is 408 g/mol. The van der Waals surface area contributed by atoms with Gasteiger partial charge in [-0.25, -0.2) is 0 Å². The minimum Gasteiger partial charge on any atom is -0.390 e. The number of likely N-dealkylation sites (tertiary alicyclic amines) is 1. The molecule has 0 saturated carbocycles. The highest BCUT2D eigenvalue weighted by Crippen LogP contribution is 2.21. The fourth-order valence-corrected chi connectivity index (χ4v) is 4.26. The summed E-state index contributed by atoms with van der Waals surface area (Å²) >= 11 is 0. The quantitative estimate of drug-likeness (QED) is 0.653. The average Bonchev–Trinajstić information content (AvgIpc) is 3.45. The van der Waals surface area contributed by atoms with Crippen LogP contribution in [0.1, 0.15) is 44.7 Å². The molecular formula is C24H29N3O3. The van der Waals surface area contributed by atoms with Crippen molar-refractivity contribution in [1.82, 2.24) is 15.5 Å². The van der Waals surface area contributed by atoms with E-state index in [2.05, 4.69) is 34.9 Å². The Kier molecular flexibility index (Phi) is 6.45. The van der Waals surface area contributed by atoms with Gasteiger partial charge >= 0.3 is 0 Å². The Morgan fingerprint density at radius 2 is 1.53 bits per heavy atom. The summed E-state index contributed by atoms with van der Waals surface area (Å²) in [5.41, 5.74) is 3.82. The molecule has 1 fully saturated rings. The molecule has 30 heavy (non-hydrogen) atoms. The van der Waals surface area contributed by atoms with Crippen LogP contribution in [0.25, 0.3) is 0 Å². The molecule has 0 bridgehead atoms. The SMILES string of the molecule is O=C(NCC(O)CNC1Cc2ccccc2C1)c1ccc(C(=O)N2CCCC2)cc1. The summed E-state index contributed by atoms with van der Waals surface area (Å²) in [4.78, 5) is 26.6. The van der Waals surface area contributed by atoms with Crippen molar-refractivity contribution in [1.29, 1.82) is 0 Å². The third kappa shape index (κ3) is 4.89. The van der Waals surface area contributed by atoms with Crippen LogP contribution in [0.15, 0.2) is 48.5 Å². The van der Waals surface area contributed by atoms with Crippen molar-refractivity contribution in [2.45, 2.75) is 37.8 Å². The lowest BCUT2D eigenvalue weighted by molar-refractivity contribution is 0.0792. The monoisotopic (exact) mass is 407 g/mol. The smallest absolute Gasteiger partial charge is 0.253 e. The summed E-state index contributed by atoms with van der Waals surface area (Å²) in [6.45, 7) is 2.22. The lowest BCUT2D eigenvalue weighted by atomic mass is 10.1. The molecule has 0 radical (unpaired) electrons. The fourth-order valence-electron chi connectivity index (χ4n) is 4.26. The molecule has 2 aromatic carbocycles. The molecule has 1 heterocycles. The number of amides is 2. The lowest BCUT2D eigenvalue weighted by Gasteiger charge is -2.17. The van der Waals surface area contributed by atoms with E-state index in [1.54, 1.807) is 24.3 Å². The predicted molar refractivity (Wildman–Crippen MR) is 116 cm³/mol. The molecular weight excluding hydrogens is 378 g/mol. The first-order valence-corrected chi connectivity index (χ1v) is 10.8. The number of benzene rings is 2. The van der Waals surface area contributed by atoms with Crippen LogP contribution < -0.4 is 10.6 Å². The van der Waals surface area contributed by atoms with Gasteiger partial charge in [-0.3, -0.25) is 9.59 Å². The third-order valence-corrected chi connectivity index (χ3v) is 5.98. The van der Waals surface area contributed by atoms with Crippen LogP contribution in [0.2, 0.25) is 0 Å². The van der Waals surface area contributed by atoms with Gasteiger partial charge in [-0.1, -0.05) is 24.3 Å². The maximum absolute atomic E-state index is 12.4. The van der Waals surface area contributed by atoms with E-state index in [-0.39, 0.29) is 18.4 Å². The molecule has 2 aliphatic rings. The molecule has 1 atom stereocenters. The van der Waals surface area contributed by atoms with Crippen molar-refractivity contribution in [2.24, 2.45) is 0 Å². The highest BCUT2D eigenvalue weighted by atomic mass is 16.3. The standard InChI is InChI=1S/C24H29N3O3/c28-22(15-25-21-13-19-5-1-2-6-20(19)14-21)16-26-23(29)17-7-9-18(10-8-17)24(30)27-11-3-4-12-27/h1-2,5-10,21-22,25,28H,3-4,11-16H2,(H,26,29). The third-order valence-electron chi connectivity index (χ3n) is 5.98. The molecule has 4 rings (SSSR count). The summed E-state index contributed by atoms with van der Waals surface area (Å²) in [6.07, 6.45) is 3.39. The molecule has 6 heteroatoms. The number of nitrogens with zero attached hydrogens (tertiary/aromatic N) is 1. The van der Waals surface area contributed by atoms with Gasteiger partial charge in [-0.15, -0.1) is 0 Å². The van der Waals surface area contributed by atoms with Gasteiger partial charge in [0.1, 0.15) is 0 Å². The minimum atomic E-state index is -0.659. The van der Waals surface area contributed by atoms with Crippen LogP contribution in [-0.4, -0.2) is 60.1 Å². The van der Waals surface area contributed by atoms with Gasteiger partial charge in [0.2, 0.25) is 0 Å². The van der Waals surface area contributed by atoms with Crippen LogP contribution >= 0.6 is 0 Å². The van der Waals surface area contributed by atoms with Crippen molar-refractivity contribution < 1.29 is 14.7 Å². The summed E-state index contributed by atoms with van der Waals surface area (Å²) in [5, 5.41) is 16.4. The first kappa shape index (κ1) is 20.6. The van der Waals surface area contributed by atoms with Crippen molar-refractivity contribution in [3.8, 4) is 0 Å². The highest BCUT2D eigenvalue weighted by molar-refractivity contribution is 5.97. The topological polar surface area (TPSA) is 81.7 Å². The molecule has 1 unspecified atom stereocenters. The van der Waals surface area contributed by atoms with Crippen molar-refractivity contribution in [3.05, 3.63) is 70.8 Å². The minimum absolute atomic E-state index is 0.0232. The second kappa shape index (κ2) is 9.41. The van der Waals surface area contributed by atoms with Crippen LogP contribution in [-0.2, 0) is 12.8 Å². The second-order valence-corrected chi connectivity index (χ2v) is 8.22. The van der Waals surface area contributed by atoms with Gasteiger partial charge in [0.25, 0.3) is 11.8 Å². The molecule has 1 saturated heterocycles. The van der Waals surface area contributed by atoms with Crippen molar-refractivity contribution in [2.75, 3.05) is 26.2 Å². The van der Waals surface area contributed by atoms with Gasteiger partial charge in [0.05, 0.1) is 6.10 Å². The van der Waals surface area contributed by atoms with Gasteiger partial charge in [-0.05, 0) is 61.1 Å². The van der Waals surface area contributed by atoms with E-state index in [0.29, 0.717) is 23.7 Å². The van der Waals surface area contributed by atoms with Crippen molar-refractivity contribution in [3.63, 3.8) is 0 Å². The molecule has 1 aliphatic heterocycles. The number of rotatable bonds is 7. The summed E-state index contributed by atoms with van der Waals surface area (Å²) < 4.78 is 0. The van der Waals surface area contributed by atoms with E-state index in [9.17, 15) is 14.7 Å². The molecule has 1 aliphatic carbocycles. The van der Waals surface area contributed by atoms with Gasteiger partial charge in [-0.2, -0.15) is 0 Å². The second-order valence-electron chi connectivity index (χ2n) is 8.22. The molecule has 0 aromatic heterocycles. The number of aliphatic hydroxyl groups excluding tert-OH is 1. The zero-order valence-corrected chi connectivity index (χ0v) is 17.1. The van der Waals surface area contributed by atoms with Crippen LogP contribution in [0, 0.1) is 0 Å². The van der Waals surface area contributed by atoms with E-state index < -0.39 is 6.10 Å². The maximum Gasteiger partial charge on any atom is 0.253 e. The molecule has 158 valence electrons. The molecule has 3 N–H and O–H groups in total. The summed E-state index contributed by atoms with van der Waals surface area (Å²) in [7, 11) is 0. The van der Waals surface area contributed by atoms with Gasteiger partial charge < -0.3 is 20.6 Å². The summed E-state index contributed by atoms with van der Waals surface area (Å²) in [5.74, 6) is -0.225. The van der Waals surface area contributed by atoms with E-state index in [0.717, 1.165) is 38.8 Å². The highest BCUT2D eigenvalue weighted by Gasteiger charge is 2.22. The molecule has 2 amide bonds. The Balaban J connectivity index is 1.20. The largest absolute Gasteiger partial charge is 0.390 e. The molecule has 2 aromatic rings. The first-order valence-electron chi connectivity index (χ1n) is 10.8. The number of nitrogens with one attached hydrogen (secondary N) is 2. The number of fused-ring (bicyclic) bond motifs is 1. The normalized spacial score (nSPS) is 17.0. The van der Waals surface area contributed by atoms with Crippen LogP contribution in [0.3, 0.4) is 0 Å². The Bertz CT molecular complexity index is 866. The van der Waals surface area contributed by atoms with E-state index in [4.69, 9.17) is 0 Å². The van der Waals surface area contributed by atoms with E-state index in [1.807, 2.05) is 4.90 Å². The Labute approximate surface area is 177 Å². The zero-order valence-electron chi connectivity index (χ0n) is 17.1. The van der Waals surface area contributed by atoms with Crippen molar-refractivity contribution >= 4 is 11.8 Å². The predicted octanol–water partition coefficient (Wildman–Crippen LogP) is 1.77. The van der Waals surface area contributed by atoms with Gasteiger partial charge in [0.15, 0.2) is 0 Å². The van der Waals surface area contributed by atoms with E-state index >= 15 is 0 Å². The number of aliphatic hydroxyl groups is 1. The molecule has 6 nitrogen and oxygen atoms in total.